The van der Waals surface area contributed by atoms with Gasteiger partial charge < -0.3 is 19.0 Å². The van der Waals surface area contributed by atoms with Gasteiger partial charge in [0.25, 0.3) is 0 Å². The number of ether oxygens (including phenoxy) is 1. The van der Waals surface area contributed by atoms with Gasteiger partial charge >= 0.3 is 0 Å². The maximum absolute atomic E-state index is 12.4. The molecule has 3 rings (SSSR count). The molecule has 1 unspecified atom stereocenters. The van der Waals surface area contributed by atoms with Crippen LogP contribution in [0, 0.1) is 0 Å². The zero-order valence-corrected chi connectivity index (χ0v) is 18.3. The van der Waals surface area contributed by atoms with Gasteiger partial charge in [0.05, 0.1) is 18.9 Å². The lowest BCUT2D eigenvalue weighted by molar-refractivity contribution is -0.121. The summed E-state index contributed by atoms with van der Waals surface area (Å²) >= 11 is 0. The fraction of sp³-hybridized carbons (Fsp3) is 0.435. The molecule has 166 valence electrons. The molecule has 1 aromatic carbocycles. The third-order valence-electron chi connectivity index (χ3n) is 5.07. The summed E-state index contributed by atoms with van der Waals surface area (Å²) < 4.78 is 16.3. The van der Waals surface area contributed by atoms with Gasteiger partial charge in [-0.25, -0.2) is 0 Å². The summed E-state index contributed by atoms with van der Waals surface area (Å²) in [4.78, 5) is 19.0. The SMILES string of the molecule is CCOc1ccc(-c2noc(CCC(=O)NCC(c3ccco3)N(CC)CC)n2)cc1. The zero-order valence-electron chi connectivity index (χ0n) is 18.3. The number of hydrogen-bond donors (Lipinski definition) is 1. The molecule has 1 N–H and O–H groups in total. The molecule has 0 radical (unpaired) electrons. The van der Waals surface area contributed by atoms with E-state index in [-0.39, 0.29) is 18.4 Å². The van der Waals surface area contributed by atoms with Crippen molar-refractivity contribution in [3.63, 3.8) is 0 Å². The summed E-state index contributed by atoms with van der Waals surface area (Å²) in [5.41, 5.74) is 0.836. The number of amides is 1. The van der Waals surface area contributed by atoms with E-state index >= 15 is 0 Å². The van der Waals surface area contributed by atoms with Crippen molar-refractivity contribution in [2.45, 2.75) is 39.7 Å². The second-order valence-electron chi connectivity index (χ2n) is 7.03. The van der Waals surface area contributed by atoms with Crippen molar-refractivity contribution in [2.24, 2.45) is 0 Å². The molecule has 8 heteroatoms. The molecule has 2 aromatic heterocycles. The monoisotopic (exact) mass is 426 g/mol. The minimum absolute atomic E-state index is 0.00335. The first-order valence-corrected chi connectivity index (χ1v) is 10.7. The topological polar surface area (TPSA) is 93.6 Å². The van der Waals surface area contributed by atoms with Gasteiger partial charge in [0.2, 0.25) is 17.6 Å². The maximum Gasteiger partial charge on any atom is 0.227 e. The van der Waals surface area contributed by atoms with Crippen LogP contribution in [0.4, 0.5) is 0 Å². The molecule has 3 aromatic rings. The Balaban J connectivity index is 1.51. The summed E-state index contributed by atoms with van der Waals surface area (Å²) in [7, 11) is 0. The minimum Gasteiger partial charge on any atom is -0.494 e. The molecule has 0 saturated heterocycles. The number of benzene rings is 1. The molecule has 0 fully saturated rings. The number of nitrogens with one attached hydrogen (secondary N) is 1. The molecule has 1 amide bonds. The number of aryl methyl sites for hydroxylation is 1. The number of carbonyl (C=O) groups excluding carboxylic acids is 1. The third kappa shape index (κ3) is 6.18. The molecule has 31 heavy (non-hydrogen) atoms. The highest BCUT2D eigenvalue weighted by atomic mass is 16.5. The van der Waals surface area contributed by atoms with Crippen LogP contribution < -0.4 is 10.1 Å². The van der Waals surface area contributed by atoms with E-state index in [0.29, 0.717) is 31.3 Å². The number of rotatable bonds is 12. The highest BCUT2D eigenvalue weighted by Crippen LogP contribution is 2.21. The average Bonchev–Trinajstić information content (AvgIpc) is 3.48. The van der Waals surface area contributed by atoms with Crippen LogP contribution in [0.15, 0.2) is 51.6 Å². The number of nitrogens with zero attached hydrogens (tertiary/aromatic N) is 3. The Morgan fingerprint density at radius 2 is 1.94 bits per heavy atom. The van der Waals surface area contributed by atoms with Crippen LogP contribution in [0.2, 0.25) is 0 Å². The van der Waals surface area contributed by atoms with Gasteiger partial charge in [-0.2, -0.15) is 4.98 Å². The predicted octanol–water partition coefficient (Wildman–Crippen LogP) is 3.86. The summed E-state index contributed by atoms with van der Waals surface area (Å²) in [6.45, 7) is 8.97. The molecule has 0 aliphatic carbocycles. The highest BCUT2D eigenvalue weighted by Gasteiger charge is 2.21. The summed E-state index contributed by atoms with van der Waals surface area (Å²) in [6.07, 6.45) is 2.31. The van der Waals surface area contributed by atoms with Gasteiger partial charge in [0.1, 0.15) is 11.5 Å². The molecular formula is C23H30N4O4. The van der Waals surface area contributed by atoms with Gasteiger partial charge in [-0.3, -0.25) is 9.69 Å². The first kappa shape index (κ1) is 22.6. The fourth-order valence-electron chi connectivity index (χ4n) is 3.41. The molecule has 0 spiro atoms. The second-order valence-corrected chi connectivity index (χ2v) is 7.03. The fourth-order valence-corrected chi connectivity index (χ4v) is 3.41. The molecule has 0 aliphatic rings. The minimum atomic E-state index is -0.0653. The van der Waals surface area contributed by atoms with Crippen LogP contribution in [0.25, 0.3) is 11.4 Å². The smallest absolute Gasteiger partial charge is 0.227 e. The average molecular weight is 427 g/mol. The van der Waals surface area contributed by atoms with Crippen molar-refractivity contribution < 1.29 is 18.5 Å². The molecule has 1 atom stereocenters. The van der Waals surface area contributed by atoms with Crippen LogP contribution >= 0.6 is 0 Å². The Hall–Kier alpha value is -3.13. The number of aromatic nitrogens is 2. The Morgan fingerprint density at radius 3 is 2.58 bits per heavy atom. The van der Waals surface area contributed by atoms with Gasteiger partial charge in [-0.05, 0) is 56.4 Å². The summed E-state index contributed by atoms with van der Waals surface area (Å²) in [5.74, 6) is 2.51. The van der Waals surface area contributed by atoms with Crippen LogP contribution in [0.3, 0.4) is 0 Å². The third-order valence-corrected chi connectivity index (χ3v) is 5.07. The Labute approximate surface area is 182 Å². The normalized spacial score (nSPS) is 12.1. The molecule has 2 heterocycles. The van der Waals surface area contributed by atoms with Crippen LogP contribution in [0.1, 0.15) is 44.9 Å². The van der Waals surface area contributed by atoms with Crippen LogP contribution in [-0.4, -0.2) is 47.2 Å². The van der Waals surface area contributed by atoms with Crippen molar-refractivity contribution in [1.29, 1.82) is 0 Å². The molecule has 0 aliphatic heterocycles. The zero-order chi connectivity index (χ0) is 22.1. The van der Waals surface area contributed by atoms with Gasteiger partial charge in [0, 0.05) is 24.9 Å². The second kappa shape index (κ2) is 11.3. The van der Waals surface area contributed by atoms with Crippen molar-refractivity contribution in [3.8, 4) is 17.1 Å². The van der Waals surface area contributed by atoms with Crippen LogP contribution in [0.5, 0.6) is 5.75 Å². The van der Waals surface area contributed by atoms with E-state index in [1.54, 1.807) is 6.26 Å². The quantitative estimate of drug-likeness (QED) is 0.470. The number of likely N-dealkylation sites (N-methyl/N-ethyl adjacent to an activating group) is 1. The Kier molecular flexibility index (Phi) is 8.23. The molecule has 0 bridgehead atoms. The van der Waals surface area contributed by atoms with Crippen molar-refractivity contribution >= 4 is 5.91 Å². The molecular weight excluding hydrogens is 396 g/mol. The number of hydrogen-bond acceptors (Lipinski definition) is 7. The lowest BCUT2D eigenvalue weighted by Crippen LogP contribution is -2.38. The van der Waals surface area contributed by atoms with E-state index in [2.05, 4.69) is 34.2 Å². The van der Waals surface area contributed by atoms with Crippen LogP contribution in [-0.2, 0) is 11.2 Å². The highest BCUT2D eigenvalue weighted by molar-refractivity contribution is 5.76. The van der Waals surface area contributed by atoms with E-state index in [0.717, 1.165) is 30.2 Å². The lowest BCUT2D eigenvalue weighted by atomic mass is 10.1. The van der Waals surface area contributed by atoms with Crippen molar-refractivity contribution in [3.05, 3.63) is 54.3 Å². The Bertz CT molecular complexity index is 917. The largest absolute Gasteiger partial charge is 0.494 e. The maximum atomic E-state index is 12.4. The number of carbonyl (C=O) groups is 1. The van der Waals surface area contributed by atoms with E-state index in [9.17, 15) is 4.79 Å². The van der Waals surface area contributed by atoms with E-state index in [1.165, 1.54) is 0 Å². The van der Waals surface area contributed by atoms with Crippen molar-refractivity contribution in [2.75, 3.05) is 26.2 Å². The van der Waals surface area contributed by atoms with E-state index in [4.69, 9.17) is 13.7 Å². The Morgan fingerprint density at radius 1 is 1.16 bits per heavy atom. The summed E-state index contributed by atoms with van der Waals surface area (Å²) in [6, 6.07) is 11.3. The predicted molar refractivity (Wildman–Crippen MR) is 117 cm³/mol. The lowest BCUT2D eigenvalue weighted by Gasteiger charge is -2.28. The van der Waals surface area contributed by atoms with Gasteiger partial charge in [-0.1, -0.05) is 19.0 Å². The van der Waals surface area contributed by atoms with E-state index < -0.39 is 0 Å². The van der Waals surface area contributed by atoms with Gasteiger partial charge in [0.15, 0.2) is 0 Å². The number of furan rings is 1. The standard InChI is InChI=1S/C23H30N4O4/c1-4-27(5-2)19(20-8-7-15-30-20)16-24-21(28)13-14-22-25-23(26-31-22)17-9-11-18(12-10-17)29-6-3/h7-12,15,19H,4-6,13-14,16H2,1-3H3,(H,24,28). The van der Waals surface area contributed by atoms with Gasteiger partial charge in [-0.15, -0.1) is 0 Å². The first-order chi connectivity index (χ1) is 15.1. The molecule has 8 nitrogen and oxygen atoms in total. The first-order valence-electron chi connectivity index (χ1n) is 10.7. The van der Waals surface area contributed by atoms with E-state index in [1.807, 2.05) is 43.3 Å². The molecule has 0 saturated carbocycles. The van der Waals surface area contributed by atoms with Crippen molar-refractivity contribution in [1.82, 2.24) is 20.4 Å². The summed E-state index contributed by atoms with van der Waals surface area (Å²) in [5, 5.41) is 7.02.